The summed E-state index contributed by atoms with van der Waals surface area (Å²) in [6.07, 6.45) is 1.71. The Balaban J connectivity index is 1.75. The number of primary amides is 1. The van der Waals surface area contributed by atoms with Crippen LogP contribution in [0.25, 0.3) is 5.69 Å². The third-order valence-corrected chi connectivity index (χ3v) is 5.44. The van der Waals surface area contributed by atoms with E-state index in [1.54, 1.807) is 0 Å². The fraction of sp³-hybridized carbons (Fsp3) is 0.174. The number of carbonyl (C=O) groups excluding carboxylic acids is 2. The lowest BCUT2D eigenvalue weighted by Gasteiger charge is -2.30. The van der Waals surface area contributed by atoms with Gasteiger partial charge in [-0.15, -0.1) is 0 Å². The van der Waals surface area contributed by atoms with Crippen molar-refractivity contribution in [3.05, 3.63) is 92.9 Å². The summed E-state index contributed by atoms with van der Waals surface area (Å²) < 4.78 is 33.9. The molecule has 0 fully saturated rings. The summed E-state index contributed by atoms with van der Waals surface area (Å²) in [7, 11) is 1.40. The molecule has 1 aromatic heterocycles. The van der Waals surface area contributed by atoms with Gasteiger partial charge in [0.15, 0.2) is 0 Å². The first-order chi connectivity index (χ1) is 15.3. The SMILES string of the molecule is COc1ccc(C(=O)N2CCc3c(cn(-c4ccc(F)cc4)c(=O)c3C(N)=O)C2)c(F)c1. The summed E-state index contributed by atoms with van der Waals surface area (Å²) >= 11 is 0. The zero-order valence-corrected chi connectivity index (χ0v) is 17.1. The quantitative estimate of drug-likeness (QED) is 0.676. The van der Waals surface area contributed by atoms with Crippen LogP contribution in [0.5, 0.6) is 5.75 Å². The largest absolute Gasteiger partial charge is 0.497 e. The zero-order chi connectivity index (χ0) is 23.0. The van der Waals surface area contributed by atoms with Crippen LogP contribution in [-0.2, 0) is 13.0 Å². The third-order valence-electron chi connectivity index (χ3n) is 5.44. The van der Waals surface area contributed by atoms with E-state index in [1.807, 2.05) is 0 Å². The number of rotatable bonds is 4. The van der Waals surface area contributed by atoms with Crippen molar-refractivity contribution < 1.29 is 23.1 Å². The molecule has 0 saturated carbocycles. The Labute approximate surface area is 181 Å². The molecule has 2 aromatic carbocycles. The number of halogens is 2. The molecule has 0 spiro atoms. The van der Waals surface area contributed by atoms with E-state index in [1.165, 1.54) is 59.2 Å². The number of carbonyl (C=O) groups is 2. The van der Waals surface area contributed by atoms with Crippen molar-refractivity contribution in [1.29, 1.82) is 0 Å². The molecule has 0 atom stereocenters. The van der Waals surface area contributed by atoms with Crippen LogP contribution in [0.1, 0.15) is 31.8 Å². The minimum atomic E-state index is -0.885. The van der Waals surface area contributed by atoms with Gasteiger partial charge in [-0.2, -0.15) is 0 Å². The highest BCUT2D eigenvalue weighted by atomic mass is 19.1. The number of fused-ring (bicyclic) bond motifs is 1. The topological polar surface area (TPSA) is 94.6 Å². The van der Waals surface area contributed by atoms with Crippen LogP contribution in [0.4, 0.5) is 8.78 Å². The molecule has 0 bridgehead atoms. The fourth-order valence-corrected chi connectivity index (χ4v) is 3.84. The normalized spacial score (nSPS) is 12.9. The van der Waals surface area contributed by atoms with E-state index < -0.39 is 29.0 Å². The van der Waals surface area contributed by atoms with Gasteiger partial charge in [-0.05, 0) is 53.9 Å². The van der Waals surface area contributed by atoms with Crippen molar-refractivity contribution in [2.45, 2.75) is 13.0 Å². The molecule has 0 radical (unpaired) electrons. The third kappa shape index (κ3) is 3.73. The molecule has 2 amide bonds. The Morgan fingerprint density at radius 2 is 1.81 bits per heavy atom. The lowest BCUT2D eigenvalue weighted by atomic mass is 9.95. The smallest absolute Gasteiger partial charge is 0.268 e. The second kappa shape index (κ2) is 8.26. The monoisotopic (exact) mass is 439 g/mol. The maximum Gasteiger partial charge on any atom is 0.268 e. The van der Waals surface area contributed by atoms with Crippen LogP contribution in [0.3, 0.4) is 0 Å². The van der Waals surface area contributed by atoms with Crippen LogP contribution in [0, 0.1) is 11.6 Å². The lowest BCUT2D eigenvalue weighted by Crippen LogP contribution is -2.40. The number of pyridine rings is 1. The number of methoxy groups -OCH3 is 1. The minimum absolute atomic E-state index is 0.0430. The number of benzene rings is 2. The van der Waals surface area contributed by atoms with Crippen molar-refractivity contribution in [2.75, 3.05) is 13.7 Å². The van der Waals surface area contributed by atoms with E-state index in [0.29, 0.717) is 16.8 Å². The van der Waals surface area contributed by atoms with Crippen LogP contribution >= 0.6 is 0 Å². The van der Waals surface area contributed by atoms with E-state index >= 15 is 0 Å². The van der Waals surface area contributed by atoms with Crippen LogP contribution < -0.4 is 16.0 Å². The molecule has 3 aromatic rings. The van der Waals surface area contributed by atoms with E-state index in [2.05, 4.69) is 0 Å². The average Bonchev–Trinajstić information content (AvgIpc) is 2.78. The van der Waals surface area contributed by atoms with Gasteiger partial charge in [0.1, 0.15) is 22.9 Å². The molecule has 2 N–H and O–H groups in total. The molecule has 1 aliphatic rings. The van der Waals surface area contributed by atoms with Gasteiger partial charge in [0.2, 0.25) is 0 Å². The maximum atomic E-state index is 14.4. The van der Waals surface area contributed by atoms with Crippen molar-refractivity contribution in [3.8, 4) is 11.4 Å². The summed E-state index contributed by atoms with van der Waals surface area (Å²) in [5.41, 5.74) is 5.90. The molecule has 0 saturated heterocycles. The summed E-state index contributed by atoms with van der Waals surface area (Å²) in [6, 6.07) is 9.13. The van der Waals surface area contributed by atoms with Crippen molar-refractivity contribution >= 4 is 11.8 Å². The first-order valence-electron chi connectivity index (χ1n) is 9.76. The maximum absolute atomic E-state index is 14.4. The van der Waals surface area contributed by atoms with Crippen LogP contribution in [0.15, 0.2) is 53.5 Å². The number of amides is 2. The number of ether oxygens (including phenoxy) is 1. The molecule has 7 nitrogen and oxygen atoms in total. The molecule has 9 heteroatoms. The van der Waals surface area contributed by atoms with Gasteiger partial charge >= 0.3 is 0 Å². The van der Waals surface area contributed by atoms with Gasteiger partial charge in [0.25, 0.3) is 17.4 Å². The predicted octanol–water partition coefficient (Wildman–Crippen LogP) is 2.42. The van der Waals surface area contributed by atoms with Crippen LogP contribution in [0.2, 0.25) is 0 Å². The molecule has 4 rings (SSSR count). The number of hydrogen-bond acceptors (Lipinski definition) is 4. The Kier molecular flexibility index (Phi) is 5.48. The van der Waals surface area contributed by atoms with E-state index in [0.717, 1.165) is 6.07 Å². The van der Waals surface area contributed by atoms with Crippen molar-refractivity contribution in [3.63, 3.8) is 0 Å². The highest BCUT2D eigenvalue weighted by Gasteiger charge is 2.29. The summed E-state index contributed by atoms with van der Waals surface area (Å²) in [5, 5.41) is 0. The first-order valence-corrected chi connectivity index (χ1v) is 9.76. The molecule has 32 heavy (non-hydrogen) atoms. The van der Waals surface area contributed by atoms with E-state index in [4.69, 9.17) is 10.5 Å². The molecular weight excluding hydrogens is 420 g/mol. The molecule has 164 valence electrons. The minimum Gasteiger partial charge on any atom is -0.497 e. The molecule has 0 unspecified atom stereocenters. The number of aromatic nitrogens is 1. The number of hydrogen-bond donors (Lipinski definition) is 1. The lowest BCUT2D eigenvalue weighted by molar-refractivity contribution is 0.0729. The zero-order valence-electron chi connectivity index (χ0n) is 17.1. The fourth-order valence-electron chi connectivity index (χ4n) is 3.84. The predicted molar refractivity (Wildman–Crippen MR) is 112 cm³/mol. The van der Waals surface area contributed by atoms with E-state index in [9.17, 15) is 23.2 Å². The highest BCUT2D eigenvalue weighted by molar-refractivity contribution is 5.96. The van der Waals surface area contributed by atoms with Crippen molar-refractivity contribution in [1.82, 2.24) is 9.47 Å². The van der Waals surface area contributed by atoms with Gasteiger partial charge < -0.3 is 15.4 Å². The number of nitrogens with zero attached hydrogens (tertiary/aromatic N) is 2. The van der Waals surface area contributed by atoms with Gasteiger partial charge in [0.05, 0.1) is 12.7 Å². The summed E-state index contributed by atoms with van der Waals surface area (Å²) in [6.45, 7) is 0.221. The van der Waals surface area contributed by atoms with Crippen LogP contribution in [-0.4, -0.2) is 34.9 Å². The Bertz CT molecular complexity index is 1290. The summed E-state index contributed by atoms with van der Waals surface area (Å²) in [4.78, 5) is 39.4. The molecule has 0 aliphatic carbocycles. The summed E-state index contributed by atoms with van der Waals surface area (Å²) in [5.74, 6) is -2.32. The molecule has 2 heterocycles. The Morgan fingerprint density at radius 3 is 2.44 bits per heavy atom. The standard InChI is InChI=1S/C23H19F2N3O4/c1-32-16-6-7-18(19(25)10-16)22(30)27-9-8-17-13(11-27)12-28(23(31)20(17)21(26)29)15-4-2-14(24)3-5-15/h2-7,10,12H,8-9,11H2,1H3,(H2,26,29). The van der Waals surface area contributed by atoms with Crippen molar-refractivity contribution in [2.24, 2.45) is 5.73 Å². The molecular formula is C23H19F2N3O4. The highest BCUT2D eigenvalue weighted by Crippen LogP contribution is 2.25. The first kappa shape index (κ1) is 21.2. The molecule has 1 aliphatic heterocycles. The van der Waals surface area contributed by atoms with Gasteiger partial charge in [0, 0.05) is 31.0 Å². The number of nitrogens with two attached hydrogens (primary N) is 1. The Morgan fingerprint density at radius 1 is 1.09 bits per heavy atom. The van der Waals surface area contributed by atoms with Gasteiger partial charge in [-0.3, -0.25) is 19.0 Å². The average molecular weight is 439 g/mol. The van der Waals surface area contributed by atoms with Gasteiger partial charge in [-0.25, -0.2) is 8.78 Å². The van der Waals surface area contributed by atoms with Gasteiger partial charge in [-0.1, -0.05) is 0 Å². The second-order valence-corrected chi connectivity index (χ2v) is 7.35. The Hall–Kier alpha value is -4.01. The van der Waals surface area contributed by atoms with E-state index in [-0.39, 0.29) is 36.4 Å². The second-order valence-electron chi connectivity index (χ2n) is 7.35.